The highest BCUT2D eigenvalue weighted by Crippen LogP contribution is 2.22. The van der Waals surface area contributed by atoms with Gasteiger partial charge in [0.25, 0.3) is 0 Å². The monoisotopic (exact) mass is 268 g/mol. The quantitative estimate of drug-likeness (QED) is 0.357. The lowest BCUT2D eigenvalue weighted by Crippen LogP contribution is -2.34. The number of esters is 2. The van der Waals surface area contributed by atoms with Crippen LogP contribution in [0.25, 0.3) is 0 Å². The number of nitrogens with two attached hydrogens (primary N) is 2. The van der Waals surface area contributed by atoms with Gasteiger partial charge in [-0.05, 0) is 0 Å². The SMILES string of the molecule is COC(=O)[C@H](N)CSSC[C@H](N)C(=O)OC. The van der Waals surface area contributed by atoms with Crippen LogP contribution < -0.4 is 11.5 Å². The fourth-order valence-corrected chi connectivity index (χ4v) is 2.90. The molecule has 0 saturated carbocycles. The average Bonchev–Trinajstić information content (AvgIpc) is 2.31. The Morgan fingerprint density at radius 1 is 1.00 bits per heavy atom. The van der Waals surface area contributed by atoms with E-state index >= 15 is 0 Å². The van der Waals surface area contributed by atoms with Crippen LogP contribution in [0.15, 0.2) is 0 Å². The molecule has 0 rings (SSSR count). The number of ether oxygens (including phenoxy) is 2. The van der Waals surface area contributed by atoms with Gasteiger partial charge < -0.3 is 20.9 Å². The summed E-state index contributed by atoms with van der Waals surface area (Å²) in [4.78, 5) is 21.9. The maximum atomic E-state index is 10.9. The molecule has 0 aromatic heterocycles. The Hall–Kier alpha value is -0.440. The summed E-state index contributed by atoms with van der Waals surface area (Å²) in [7, 11) is 5.30. The second-order valence-corrected chi connectivity index (χ2v) is 5.38. The number of rotatable bonds is 7. The standard InChI is InChI=1S/C8H16N2O4S2/c1-13-7(11)5(9)3-15-16-4-6(10)8(12)14-2/h5-6H,3-4,9-10H2,1-2H3/t5-,6+. The van der Waals surface area contributed by atoms with Gasteiger partial charge >= 0.3 is 11.9 Å². The summed E-state index contributed by atoms with van der Waals surface area (Å²) >= 11 is 0. The minimum Gasteiger partial charge on any atom is -0.468 e. The van der Waals surface area contributed by atoms with Crippen LogP contribution in [-0.2, 0) is 19.1 Å². The number of hydrogen-bond donors (Lipinski definition) is 2. The second kappa shape index (κ2) is 8.68. The highest BCUT2D eigenvalue weighted by molar-refractivity contribution is 8.76. The van der Waals surface area contributed by atoms with E-state index in [2.05, 4.69) is 9.47 Å². The number of carbonyl (C=O) groups excluding carboxylic acids is 2. The lowest BCUT2D eigenvalue weighted by molar-refractivity contribution is -0.142. The number of hydrogen-bond acceptors (Lipinski definition) is 8. The maximum Gasteiger partial charge on any atom is 0.323 e. The Bertz CT molecular complexity index is 216. The van der Waals surface area contributed by atoms with Crippen molar-refractivity contribution < 1.29 is 19.1 Å². The molecule has 0 aliphatic heterocycles. The molecule has 0 aliphatic carbocycles. The van der Waals surface area contributed by atoms with Crippen LogP contribution in [0.2, 0.25) is 0 Å². The third-order valence-electron chi connectivity index (χ3n) is 1.59. The molecule has 0 bridgehead atoms. The number of carbonyl (C=O) groups is 2. The molecule has 94 valence electrons. The van der Waals surface area contributed by atoms with E-state index in [-0.39, 0.29) is 0 Å². The summed E-state index contributed by atoms with van der Waals surface area (Å²) in [5.41, 5.74) is 11.0. The van der Waals surface area contributed by atoms with Crippen LogP contribution in [0.3, 0.4) is 0 Å². The van der Waals surface area contributed by atoms with Gasteiger partial charge in [-0.15, -0.1) is 0 Å². The molecule has 0 heterocycles. The van der Waals surface area contributed by atoms with Gasteiger partial charge in [0.15, 0.2) is 0 Å². The Balaban J connectivity index is 3.60. The third kappa shape index (κ3) is 6.21. The van der Waals surface area contributed by atoms with Gasteiger partial charge in [-0.25, -0.2) is 0 Å². The van der Waals surface area contributed by atoms with Gasteiger partial charge in [0.05, 0.1) is 14.2 Å². The Morgan fingerprint density at radius 2 is 1.31 bits per heavy atom. The second-order valence-electron chi connectivity index (χ2n) is 2.83. The van der Waals surface area contributed by atoms with E-state index in [4.69, 9.17) is 11.5 Å². The van der Waals surface area contributed by atoms with Crippen molar-refractivity contribution in [3.8, 4) is 0 Å². The summed E-state index contributed by atoms with van der Waals surface area (Å²) in [6.07, 6.45) is 0. The topological polar surface area (TPSA) is 105 Å². The fraction of sp³-hybridized carbons (Fsp3) is 0.750. The lowest BCUT2D eigenvalue weighted by atomic mass is 10.4. The van der Waals surface area contributed by atoms with Gasteiger partial charge in [0.1, 0.15) is 12.1 Å². The van der Waals surface area contributed by atoms with Crippen LogP contribution >= 0.6 is 21.6 Å². The minimum atomic E-state index is -0.656. The largest absolute Gasteiger partial charge is 0.468 e. The third-order valence-corrected chi connectivity index (χ3v) is 4.06. The van der Waals surface area contributed by atoms with Crippen molar-refractivity contribution in [1.82, 2.24) is 0 Å². The van der Waals surface area contributed by atoms with E-state index in [1.807, 2.05) is 0 Å². The average molecular weight is 268 g/mol. The lowest BCUT2D eigenvalue weighted by Gasteiger charge is -2.10. The van der Waals surface area contributed by atoms with Gasteiger partial charge in [-0.3, -0.25) is 9.59 Å². The van der Waals surface area contributed by atoms with Crippen LogP contribution in [-0.4, -0.2) is 49.7 Å². The van der Waals surface area contributed by atoms with Crippen LogP contribution in [0.1, 0.15) is 0 Å². The molecule has 0 spiro atoms. The molecule has 0 aromatic carbocycles. The molecule has 0 saturated heterocycles. The van der Waals surface area contributed by atoms with Crippen molar-refractivity contribution in [2.75, 3.05) is 25.7 Å². The zero-order valence-corrected chi connectivity index (χ0v) is 10.8. The molecule has 4 N–H and O–H groups in total. The van der Waals surface area contributed by atoms with Gasteiger partial charge in [-0.1, -0.05) is 21.6 Å². The molecule has 0 unspecified atom stereocenters. The van der Waals surface area contributed by atoms with E-state index in [0.29, 0.717) is 11.5 Å². The van der Waals surface area contributed by atoms with E-state index in [9.17, 15) is 9.59 Å². The molecule has 6 nitrogen and oxygen atoms in total. The molecule has 0 amide bonds. The predicted molar refractivity (Wildman–Crippen MR) is 64.9 cm³/mol. The van der Waals surface area contributed by atoms with Crippen molar-refractivity contribution >= 4 is 33.5 Å². The van der Waals surface area contributed by atoms with Crippen molar-refractivity contribution in [3.63, 3.8) is 0 Å². The molecule has 0 aromatic rings. The molecule has 8 heteroatoms. The zero-order valence-electron chi connectivity index (χ0n) is 9.17. The predicted octanol–water partition coefficient (Wildman–Crippen LogP) is -0.632. The van der Waals surface area contributed by atoms with Crippen molar-refractivity contribution in [3.05, 3.63) is 0 Å². The first-order valence-electron chi connectivity index (χ1n) is 4.44. The first-order valence-corrected chi connectivity index (χ1v) is 6.93. The smallest absolute Gasteiger partial charge is 0.323 e. The summed E-state index contributed by atoms with van der Waals surface area (Å²) in [6.45, 7) is 0. The Kier molecular flexibility index (Phi) is 8.44. The molecule has 2 atom stereocenters. The number of methoxy groups -OCH3 is 2. The van der Waals surface area contributed by atoms with E-state index < -0.39 is 24.0 Å². The first kappa shape index (κ1) is 15.6. The van der Waals surface area contributed by atoms with E-state index in [1.165, 1.54) is 35.8 Å². The normalized spacial score (nSPS) is 14.0. The van der Waals surface area contributed by atoms with E-state index in [0.717, 1.165) is 0 Å². The molecule has 0 radical (unpaired) electrons. The highest BCUT2D eigenvalue weighted by atomic mass is 33.1. The molecular weight excluding hydrogens is 252 g/mol. The van der Waals surface area contributed by atoms with Gasteiger partial charge in [0.2, 0.25) is 0 Å². The van der Waals surface area contributed by atoms with E-state index in [1.54, 1.807) is 0 Å². The Labute approximate surface area is 102 Å². The Morgan fingerprint density at radius 3 is 1.56 bits per heavy atom. The summed E-state index contributed by atoms with van der Waals surface area (Å²) in [5.74, 6) is -0.0908. The van der Waals surface area contributed by atoms with Crippen LogP contribution in [0, 0.1) is 0 Å². The molecular formula is C8H16N2O4S2. The van der Waals surface area contributed by atoms with Crippen molar-refractivity contribution in [2.24, 2.45) is 11.5 Å². The maximum absolute atomic E-state index is 10.9. The molecule has 16 heavy (non-hydrogen) atoms. The summed E-state index contributed by atoms with van der Waals surface area (Å²) in [5, 5.41) is 0. The van der Waals surface area contributed by atoms with Crippen LogP contribution in [0.5, 0.6) is 0 Å². The summed E-state index contributed by atoms with van der Waals surface area (Å²) < 4.78 is 8.92. The van der Waals surface area contributed by atoms with Gasteiger partial charge in [-0.2, -0.15) is 0 Å². The zero-order chi connectivity index (χ0) is 12.6. The van der Waals surface area contributed by atoms with Crippen molar-refractivity contribution in [1.29, 1.82) is 0 Å². The summed E-state index contributed by atoms with van der Waals surface area (Å²) in [6, 6.07) is -1.31. The van der Waals surface area contributed by atoms with Crippen molar-refractivity contribution in [2.45, 2.75) is 12.1 Å². The van der Waals surface area contributed by atoms with Crippen LogP contribution in [0.4, 0.5) is 0 Å². The molecule has 0 fully saturated rings. The van der Waals surface area contributed by atoms with Gasteiger partial charge in [0, 0.05) is 11.5 Å². The fourth-order valence-electron chi connectivity index (χ4n) is 0.682. The highest BCUT2D eigenvalue weighted by Gasteiger charge is 2.16. The first-order chi connectivity index (χ1) is 7.52. The minimum absolute atomic E-state index is 0.408. The molecule has 0 aliphatic rings.